The summed E-state index contributed by atoms with van der Waals surface area (Å²) in [5.74, 6) is 0. The molecule has 0 aromatic heterocycles. The second-order valence-corrected chi connectivity index (χ2v) is 6.68. The lowest BCUT2D eigenvalue weighted by atomic mass is 10.3. The van der Waals surface area contributed by atoms with E-state index in [2.05, 4.69) is 11.9 Å². The highest BCUT2D eigenvalue weighted by atomic mass is 28.4. The summed E-state index contributed by atoms with van der Waals surface area (Å²) in [6.07, 6.45) is 3.40. The van der Waals surface area contributed by atoms with E-state index in [1.807, 2.05) is 20.4 Å². The van der Waals surface area contributed by atoms with Crippen LogP contribution in [-0.2, 0) is 13.6 Å². The van der Waals surface area contributed by atoms with Gasteiger partial charge < -0.3 is 8.85 Å². The molecule has 0 N–H and O–H groups in total. The Balaban J connectivity index is 4.71. The molecule has 0 rings (SSSR count). The number of hydrogen-bond donors (Lipinski definition) is 0. The maximum atomic E-state index is 10.4. The van der Waals surface area contributed by atoms with Crippen LogP contribution in [0.15, 0.2) is 4.99 Å². The Morgan fingerprint density at radius 2 is 1.80 bits per heavy atom. The summed E-state index contributed by atoms with van der Waals surface area (Å²) >= 11 is 0. The number of carbonyl (C=O) groups excluding carboxylic acids is 1. The molecule has 0 aliphatic rings. The summed E-state index contributed by atoms with van der Waals surface area (Å²) in [6.45, 7) is 9.06. The lowest BCUT2D eigenvalue weighted by Crippen LogP contribution is -2.50. The van der Waals surface area contributed by atoms with Crippen molar-refractivity contribution in [2.24, 2.45) is 4.99 Å². The highest BCUT2D eigenvalue weighted by molar-refractivity contribution is 6.67. The predicted molar refractivity (Wildman–Crippen MR) is 61.7 cm³/mol. The molecule has 0 aromatic carbocycles. The minimum absolute atomic E-state index is 0.139. The predicted octanol–water partition coefficient (Wildman–Crippen LogP) is 2.18. The maximum Gasteiger partial charge on any atom is 0.361 e. The van der Waals surface area contributed by atoms with Gasteiger partial charge in [-0.2, -0.15) is 0 Å². The Bertz CT molecular complexity index is 211. The van der Waals surface area contributed by atoms with Crippen molar-refractivity contribution >= 4 is 14.6 Å². The zero-order chi connectivity index (χ0) is 11.7. The van der Waals surface area contributed by atoms with Crippen LogP contribution in [0.1, 0.15) is 33.6 Å². The third-order valence-electron chi connectivity index (χ3n) is 2.24. The zero-order valence-electron chi connectivity index (χ0n) is 10.1. The molecule has 0 aliphatic carbocycles. The first-order valence-corrected chi connectivity index (χ1v) is 7.88. The molecule has 0 aromatic rings. The van der Waals surface area contributed by atoms with Gasteiger partial charge in [0.15, 0.2) is 0 Å². The molecule has 88 valence electrons. The standard InChI is InChI=1S/C10H21NO3Si/c1-5-8-10(11-9-12)15(4,13-6-2)14-7-3/h10H,5-8H2,1-4H3. The summed E-state index contributed by atoms with van der Waals surface area (Å²) in [7, 11) is -2.35. The fraction of sp³-hybridized carbons (Fsp3) is 0.900. The van der Waals surface area contributed by atoms with E-state index >= 15 is 0 Å². The van der Waals surface area contributed by atoms with Gasteiger partial charge in [-0.15, -0.1) is 0 Å². The molecule has 0 bridgehead atoms. The van der Waals surface area contributed by atoms with E-state index in [4.69, 9.17) is 8.85 Å². The first-order chi connectivity index (χ1) is 7.14. The molecule has 15 heavy (non-hydrogen) atoms. The molecule has 4 nitrogen and oxygen atoms in total. The van der Waals surface area contributed by atoms with Crippen LogP contribution in [0.3, 0.4) is 0 Å². The number of hydrogen-bond acceptors (Lipinski definition) is 4. The van der Waals surface area contributed by atoms with E-state index in [-0.39, 0.29) is 5.67 Å². The van der Waals surface area contributed by atoms with Crippen molar-refractivity contribution in [2.45, 2.75) is 45.8 Å². The highest BCUT2D eigenvalue weighted by Crippen LogP contribution is 2.19. The van der Waals surface area contributed by atoms with Crippen molar-refractivity contribution in [3.05, 3.63) is 0 Å². The number of nitrogens with zero attached hydrogens (tertiary/aromatic N) is 1. The summed E-state index contributed by atoms with van der Waals surface area (Å²) in [4.78, 5) is 14.2. The molecule has 0 saturated heterocycles. The van der Waals surface area contributed by atoms with Gasteiger partial charge in [-0.3, -0.25) is 0 Å². The van der Waals surface area contributed by atoms with Gasteiger partial charge >= 0.3 is 8.56 Å². The summed E-state index contributed by atoms with van der Waals surface area (Å²) in [6, 6.07) is 0. The van der Waals surface area contributed by atoms with Crippen LogP contribution < -0.4 is 0 Å². The molecule has 0 heterocycles. The van der Waals surface area contributed by atoms with Gasteiger partial charge in [-0.05, 0) is 26.8 Å². The van der Waals surface area contributed by atoms with Crippen molar-refractivity contribution in [3.63, 3.8) is 0 Å². The molecule has 5 heteroatoms. The Morgan fingerprint density at radius 1 is 1.27 bits per heavy atom. The number of aliphatic imine (C=N–C) groups is 1. The van der Waals surface area contributed by atoms with Crippen LogP contribution in [0.25, 0.3) is 0 Å². The average Bonchev–Trinajstić information content (AvgIpc) is 2.18. The Morgan fingerprint density at radius 3 is 2.13 bits per heavy atom. The van der Waals surface area contributed by atoms with E-state index in [1.54, 1.807) is 6.08 Å². The largest absolute Gasteiger partial charge is 0.393 e. The quantitative estimate of drug-likeness (QED) is 0.365. The molecule has 1 unspecified atom stereocenters. The van der Waals surface area contributed by atoms with E-state index in [0.717, 1.165) is 12.8 Å². The maximum absolute atomic E-state index is 10.4. The Hall–Kier alpha value is -0.483. The molecule has 0 saturated carbocycles. The van der Waals surface area contributed by atoms with Gasteiger partial charge in [0, 0.05) is 13.2 Å². The molecule has 0 radical (unpaired) electrons. The van der Waals surface area contributed by atoms with Crippen LogP contribution in [0.4, 0.5) is 0 Å². The molecule has 0 aliphatic heterocycles. The van der Waals surface area contributed by atoms with Crippen LogP contribution in [-0.4, -0.2) is 33.5 Å². The van der Waals surface area contributed by atoms with E-state index in [1.165, 1.54) is 0 Å². The second kappa shape index (κ2) is 7.76. The second-order valence-electron chi connectivity index (χ2n) is 3.41. The van der Waals surface area contributed by atoms with Crippen molar-refractivity contribution in [3.8, 4) is 0 Å². The zero-order valence-corrected chi connectivity index (χ0v) is 11.1. The van der Waals surface area contributed by atoms with Crippen LogP contribution in [0.5, 0.6) is 0 Å². The lowest BCUT2D eigenvalue weighted by molar-refractivity contribution is 0.178. The Kier molecular flexibility index (Phi) is 7.51. The molecule has 0 spiro atoms. The molecule has 1 atom stereocenters. The van der Waals surface area contributed by atoms with Gasteiger partial charge in [0.1, 0.15) is 5.67 Å². The average molecular weight is 231 g/mol. The van der Waals surface area contributed by atoms with Gasteiger partial charge in [-0.25, -0.2) is 9.79 Å². The lowest BCUT2D eigenvalue weighted by Gasteiger charge is -2.30. The van der Waals surface area contributed by atoms with Gasteiger partial charge in [0.25, 0.3) is 0 Å². The molecule has 0 amide bonds. The van der Waals surface area contributed by atoms with E-state index in [0.29, 0.717) is 13.2 Å². The monoisotopic (exact) mass is 231 g/mol. The van der Waals surface area contributed by atoms with Gasteiger partial charge in [-0.1, -0.05) is 13.3 Å². The van der Waals surface area contributed by atoms with Crippen LogP contribution in [0.2, 0.25) is 6.55 Å². The minimum atomic E-state index is -2.35. The fourth-order valence-electron chi connectivity index (χ4n) is 1.59. The molecular formula is C10H21NO3Si. The highest BCUT2D eigenvalue weighted by Gasteiger charge is 2.40. The summed E-state index contributed by atoms with van der Waals surface area (Å²) < 4.78 is 11.4. The fourth-order valence-corrected chi connectivity index (χ4v) is 4.30. The van der Waals surface area contributed by atoms with E-state index in [9.17, 15) is 4.79 Å². The molecular weight excluding hydrogens is 210 g/mol. The van der Waals surface area contributed by atoms with Gasteiger partial charge in [0.05, 0.1) is 0 Å². The van der Waals surface area contributed by atoms with Crippen LogP contribution in [0, 0.1) is 0 Å². The SMILES string of the molecule is CCCC(N=C=O)[Si](C)(OCC)OCC. The normalized spacial score (nSPS) is 13.3. The summed E-state index contributed by atoms with van der Waals surface area (Å²) in [5.41, 5.74) is -0.139. The minimum Gasteiger partial charge on any atom is -0.393 e. The van der Waals surface area contributed by atoms with Gasteiger partial charge in [0.2, 0.25) is 6.08 Å². The first-order valence-electron chi connectivity index (χ1n) is 5.49. The third kappa shape index (κ3) is 4.71. The first kappa shape index (κ1) is 14.5. The molecule has 0 fully saturated rings. The topological polar surface area (TPSA) is 47.9 Å². The van der Waals surface area contributed by atoms with Crippen molar-refractivity contribution < 1.29 is 13.6 Å². The van der Waals surface area contributed by atoms with E-state index < -0.39 is 8.56 Å². The van der Waals surface area contributed by atoms with Crippen LogP contribution >= 0.6 is 0 Å². The summed E-state index contributed by atoms with van der Waals surface area (Å²) in [5, 5.41) is 0. The Labute approximate surface area is 92.9 Å². The third-order valence-corrected chi connectivity index (χ3v) is 5.59. The van der Waals surface area contributed by atoms with Crippen molar-refractivity contribution in [1.29, 1.82) is 0 Å². The number of rotatable bonds is 8. The van der Waals surface area contributed by atoms with Crippen molar-refractivity contribution in [2.75, 3.05) is 13.2 Å². The number of isocyanates is 1. The smallest absolute Gasteiger partial charge is 0.361 e. The van der Waals surface area contributed by atoms with Crippen molar-refractivity contribution in [1.82, 2.24) is 0 Å².